The summed E-state index contributed by atoms with van der Waals surface area (Å²) in [5.74, 6) is -0.251. The zero-order chi connectivity index (χ0) is 23.2. The molecule has 0 spiro atoms. The summed E-state index contributed by atoms with van der Waals surface area (Å²) in [5, 5.41) is 2.99. The zero-order valence-corrected chi connectivity index (χ0v) is 20.6. The molecular formula is C23H34ClN4O2S+. The van der Waals surface area contributed by atoms with Crippen molar-refractivity contribution in [3.05, 3.63) is 41.0 Å². The van der Waals surface area contributed by atoms with Crippen LogP contribution in [-0.4, -0.2) is 46.7 Å². The minimum absolute atomic E-state index is 0.112. The van der Waals surface area contributed by atoms with Gasteiger partial charge in [0.05, 0.1) is 22.1 Å². The summed E-state index contributed by atoms with van der Waals surface area (Å²) in [5.41, 5.74) is 10.8. The highest BCUT2D eigenvalue weighted by Gasteiger charge is 2.39. The fraction of sp³-hybridized carbons (Fsp3) is 0.522. The number of aryl methyl sites for hydroxylation is 1. The predicted octanol–water partition coefficient (Wildman–Crippen LogP) is 3.00. The van der Waals surface area contributed by atoms with Crippen LogP contribution in [0.25, 0.3) is 10.4 Å². The molecular weight excluding hydrogens is 432 g/mol. The number of carbonyl (C=O) groups excluding carboxylic acids is 2. The molecule has 1 saturated heterocycles. The van der Waals surface area contributed by atoms with Crippen molar-refractivity contribution in [2.45, 2.75) is 59.2 Å². The second-order valence-electron chi connectivity index (χ2n) is 8.71. The standard InChI is InChI=1S/C22H30N4O2S.CH4Cl/c1-14-18(29-13-25-14)16-9-7-15(8-10-16)12-24-20(27)17-6-5-11-26(17)21(28)19(23)22(2,3)4;1-2/h7-10,13,17,19H,5-6,11-12,23H2,1-4H3,(H,24,27);2H,1H3/q;+1/t17?,19-;/m1./s1. The molecule has 31 heavy (non-hydrogen) atoms. The lowest BCUT2D eigenvalue weighted by atomic mass is 9.86. The number of halogens is 1. The number of nitrogens with zero attached hydrogens (tertiary/aromatic N) is 2. The molecule has 0 radical (unpaired) electrons. The number of hydrogen-bond donors (Lipinski definition) is 2. The van der Waals surface area contributed by atoms with Gasteiger partial charge in [-0.05, 0) is 36.3 Å². The van der Waals surface area contributed by atoms with Gasteiger partial charge in [-0.15, -0.1) is 11.3 Å². The van der Waals surface area contributed by atoms with Crippen LogP contribution >= 0.6 is 11.3 Å². The number of carbonyl (C=O) groups is 2. The molecule has 1 fully saturated rings. The molecule has 0 saturated carbocycles. The predicted molar refractivity (Wildman–Crippen MR) is 124 cm³/mol. The van der Waals surface area contributed by atoms with Crippen molar-refractivity contribution in [2.24, 2.45) is 11.1 Å². The summed E-state index contributed by atoms with van der Waals surface area (Å²) in [7, 11) is 0. The third kappa shape index (κ3) is 6.28. The van der Waals surface area contributed by atoms with E-state index in [4.69, 9.17) is 5.73 Å². The lowest BCUT2D eigenvalue weighted by molar-refractivity contribution is -0.325. The van der Waals surface area contributed by atoms with Crippen molar-refractivity contribution in [1.82, 2.24) is 15.2 Å². The quantitative estimate of drug-likeness (QED) is 0.664. The van der Waals surface area contributed by atoms with Gasteiger partial charge in [0.15, 0.2) is 6.38 Å². The fourth-order valence-electron chi connectivity index (χ4n) is 3.51. The Bertz CT molecular complexity index is 876. The van der Waals surface area contributed by atoms with Crippen LogP contribution in [0.3, 0.4) is 0 Å². The maximum Gasteiger partial charge on any atom is 0.243 e. The van der Waals surface area contributed by atoms with Gasteiger partial charge in [0, 0.05) is 13.1 Å². The number of nitrogens with two attached hydrogens (primary N) is 1. The van der Waals surface area contributed by atoms with Gasteiger partial charge < -0.3 is 16.0 Å². The summed E-state index contributed by atoms with van der Waals surface area (Å²) in [4.78, 5) is 32.6. The Morgan fingerprint density at radius 3 is 2.48 bits per heavy atom. The van der Waals surface area contributed by atoms with Crippen molar-refractivity contribution in [3.8, 4) is 10.4 Å². The topological polar surface area (TPSA) is 88.3 Å². The number of benzene rings is 1. The molecule has 0 aliphatic carbocycles. The van der Waals surface area contributed by atoms with Gasteiger partial charge in [-0.2, -0.15) is 0 Å². The van der Waals surface area contributed by atoms with Crippen LogP contribution in [0.4, 0.5) is 0 Å². The van der Waals surface area contributed by atoms with Gasteiger partial charge in [0.25, 0.3) is 0 Å². The molecule has 1 aliphatic heterocycles. The summed E-state index contributed by atoms with van der Waals surface area (Å²) < 4.78 is 0. The molecule has 6 nitrogen and oxygen atoms in total. The smallest absolute Gasteiger partial charge is 0.243 e. The van der Waals surface area contributed by atoms with Crippen LogP contribution in [0.2, 0.25) is 0 Å². The first-order chi connectivity index (χ1) is 14.7. The Hall–Kier alpha value is -1.96. The van der Waals surface area contributed by atoms with Crippen molar-refractivity contribution >= 4 is 23.2 Å². The van der Waals surface area contributed by atoms with Crippen LogP contribution in [0, 0.1) is 23.9 Å². The molecule has 2 heterocycles. The lowest BCUT2D eigenvalue weighted by Gasteiger charge is -2.32. The summed E-state index contributed by atoms with van der Waals surface area (Å²) >= 11 is 5.71. The number of likely N-dealkylation sites (tertiary alicyclic amines) is 1. The van der Waals surface area contributed by atoms with E-state index in [9.17, 15) is 9.59 Å². The molecule has 0 bridgehead atoms. The van der Waals surface area contributed by atoms with E-state index in [-0.39, 0.29) is 17.2 Å². The van der Waals surface area contributed by atoms with Gasteiger partial charge in [-0.25, -0.2) is 4.98 Å². The maximum atomic E-state index is 12.8. The van der Waals surface area contributed by atoms with E-state index in [1.165, 1.54) is 0 Å². The summed E-state index contributed by atoms with van der Waals surface area (Å²) in [6.45, 7) is 8.85. The van der Waals surface area contributed by atoms with Gasteiger partial charge >= 0.3 is 0 Å². The third-order valence-corrected chi connectivity index (χ3v) is 6.44. The Labute approximate surface area is 194 Å². The number of rotatable bonds is 5. The van der Waals surface area contributed by atoms with E-state index in [0.717, 1.165) is 28.1 Å². The molecule has 170 valence electrons. The maximum absolute atomic E-state index is 12.8. The minimum atomic E-state index is -0.612. The van der Waals surface area contributed by atoms with E-state index >= 15 is 0 Å². The van der Waals surface area contributed by atoms with Crippen LogP contribution in [0.15, 0.2) is 29.8 Å². The van der Waals surface area contributed by atoms with E-state index in [1.54, 1.807) is 22.6 Å². The highest BCUT2D eigenvalue weighted by atomic mass is 35.5. The molecule has 1 aliphatic rings. The number of amides is 2. The van der Waals surface area contributed by atoms with Crippen molar-refractivity contribution < 1.29 is 21.2 Å². The Morgan fingerprint density at radius 1 is 1.29 bits per heavy atom. The number of aromatic nitrogens is 1. The van der Waals surface area contributed by atoms with Crippen molar-refractivity contribution in [3.63, 3.8) is 0 Å². The molecule has 1 unspecified atom stereocenters. The molecule has 2 atom stereocenters. The van der Waals surface area contributed by atoms with E-state index in [2.05, 4.69) is 34.0 Å². The molecule has 8 heteroatoms. The first kappa shape index (κ1) is 25.3. The van der Waals surface area contributed by atoms with E-state index in [1.807, 2.05) is 45.3 Å². The average molecular weight is 466 g/mol. The highest BCUT2D eigenvalue weighted by Crippen LogP contribution is 2.27. The Morgan fingerprint density at radius 2 is 1.94 bits per heavy atom. The Balaban J connectivity index is 0.00000166. The molecule has 3 N–H and O–H groups in total. The lowest BCUT2D eigenvalue weighted by Crippen LogP contribution is -2.54. The second kappa shape index (κ2) is 11.1. The van der Waals surface area contributed by atoms with Crippen LogP contribution in [-0.2, 0) is 16.1 Å². The monoisotopic (exact) mass is 465 g/mol. The molecule has 1 aromatic heterocycles. The first-order valence-electron chi connectivity index (χ1n) is 10.4. The van der Waals surface area contributed by atoms with Crippen molar-refractivity contribution in [2.75, 3.05) is 12.9 Å². The minimum Gasteiger partial charge on any atom is -0.350 e. The van der Waals surface area contributed by atoms with Gasteiger partial charge in [-0.1, -0.05) is 45.0 Å². The number of thiazole rings is 1. The molecule has 2 aromatic rings. The van der Waals surface area contributed by atoms with Gasteiger partial charge in [-0.3, -0.25) is 9.59 Å². The second-order valence-corrected chi connectivity index (χ2v) is 9.57. The summed E-state index contributed by atoms with van der Waals surface area (Å²) in [6, 6.07) is 7.09. The van der Waals surface area contributed by atoms with Gasteiger partial charge in [0.1, 0.15) is 17.6 Å². The van der Waals surface area contributed by atoms with Crippen LogP contribution < -0.4 is 11.1 Å². The molecule has 2 amide bonds. The highest BCUT2D eigenvalue weighted by molar-refractivity contribution is 7.13. The number of hydrogen-bond acceptors (Lipinski definition) is 5. The van der Waals surface area contributed by atoms with Gasteiger partial charge in [0.2, 0.25) is 11.8 Å². The van der Waals surface area contributed by atoms with Crippen LogP contribution in [0.5, 0.6) is 0 Å². The van der Waals surface area contributed by atoms with Crippen molar-refractivity contribution in [1.29, 1.82) is 0 Å². The fourth-order valence-corrected chi connectivity index (χ4v) is 4.32. The number of alkyl halides is 1. The largest absolute Gasteiger partial charge is 0.350 e. The third-order valence-electron chi connectivity index (χ3n) is 5.47. The SMILES string of the molecule is C[ClH+].Cc1ncsc1-c1ccc(CNC(=O)C2CCCN2C(=O)[C@@H](N)C(C)(C)C)cc1. The van der Waals surface area contributed by atoms with E-state index in [0.29, 0.717) is 19.5 Å². The normalized spacial score (nSPS) is 17.0. The van der Waals surface area contributed by atoms with E-state index < -0.39 is 12.1 Å². The zero-order valence-electron chi connectivity index (χ0n) is 19.0. The number of nitrogens with one attached hydrogen (secondary N) is 1. The average Bonchev–Trinajstić information content (AvgIpc) is 3.41. The summed E-state index contributed by atoms with van der Waals surface area (Å²) in [6.07, 6.45) is 3.08. The van der Waals surface area contributed by atoms with Crippen LogP contribution in [0.1, 0.15) is 44.9 Å². The first-order valence-corrected chi connectivity index (χ1v) is 12.1. The molecule has 3 rings (SSSR count). The molecule has 1 aromatic carbocycles. The Kier molecular flexibility index (Phi) is 9.03.